The van der Waals surface area contributed by atoms with E-state index in [0.29, 0.717) is 24.9 Å². The second-order valence-corrected chi connectivity index (χ2v) is 20.8. The van der Waals surface area contributed by atoms with Crippen LogP contribution in [0.1, 0.15) is 86.1 Å². The summed E-state index contributed by atoms with van der Waals surface area (Å²) in [5.41, 5.74) is 22.8. The Labute approximate surface area is 463 Å². The van der Waals surface area contributed by atoms with E-state index < -0.39 is 18.1 Å². The maximum absolute atomic E-state index is 13.7. The molecular formula is C69H58N6O5. The molecule has 12 rings (SSSR count). The van der Waals surface area contributed by atoms with Gasteiger partial charge in [0.2, 0.25) is 0 Å². The smallest absolute Gasteiger partial charge is 0.407 e. The number of aromatic amines is 2. The van der Waals surface area contributed by atoms with E-state index in [1.165, 1.54) is 5.56 Å². The summed E-state index contributed by atoms with van der Waals surface area (Å²) in [5.74, 6) is -1.56. The van der Waals surface area contributed by atoms with E-state index >= 15 is 0 Å². The van der Waals surface area contributed by atoms with Gasteiger partial charge in [-0.2, -0.15) is 0 Å². The summed E-state index contributed by atoms with van der Waals surface area (Å²) in [6.07, 6.45) is 8.66. The minimum atomic E-state index is -1.15. The molecule has 0 radical (unpaired) electrons. The molecule has 0 unspecified atom stereocenters. The number of aromatic nitrogens is 4. The lowest BCUT2D eigenvalue weighted by molar-refractivity contribution is -0.139. The number of amides is 2. The van der Waals surface area contributed by atoms with Crippen molar-refractivity contribution in [2.24, 2.45) is 0 Å². The number of carboxylic acids is 1. The van der Waals surface area contributed by atoms with Crippen molar-refractivity contribution in [1.29, 1.82) is 0 Å². The fourth-order valence-electron chi connectivity index (χ4n) is 11.2. The van der Waals surface area contributed by atoms with Gasteiger partial charge in [-0.05, 0) is 145 Å². The van der Waals surface area contributed by atoms with Crippen LogP contribution in [0.3, 0.4) is 0 Å². The largest absolute Gasteiger partial charge is 0.480 e. The molecule has 8 bridgehead atoms. The first-order valence-corrected chi connectivity index (χ1v) is 27.1. The third kappa shape index (κ3) is 10.2. The molecule has 1 atom stereocenters. The molecule has 2 aliphatic heterocycles. The Morgan fingerprint density at radius 2 is 0.900 bits per heavy atom. The summed E-state index contributed by atoms with van der Waals surface area (Å²) < 4.78 is 5.63. The highest BCUT2D eigenvalue weighted by Gasteiger charge is 2.30. The van der Waals surface area contributed by atoms with Gasteiger partial charge in [0.1, 0.15) is 12.6 Å². The molecule has 3 aromatic heterocycles. The van der Waals surface area contributed by atoms with Gasteiger partial charge < -0.3 is 30.4 Å². The normalized spacial score (nSPS) is 12.7. The van der Waals surface area contributed by atoms with Gasteiger partial charge in [-0.3, -0.25) is 4.79 Å². The molecule has 0 saturated carbocycles. The summed E-state index contributed by atoms with van der Waals surface area (Å²) in [6, 6.07) is 56.5. The Hall–Kier alpha value is -9.87. The van der Waals surface area contributed by atoms with Crippen LogP contribution in [0.25, 0.3) is 102 Å². The molecular weight excluding hydrogens is 993 g/mol. The number of carbonyl (C=O) groups is 3. The number of hydrogen-bond acceptors (Lipinski definition) is 6. The molecule has 11 heteroatoms. The molecule has 2 amide bonds. The average Bonchev–Trinajstić information content (AvgIpc) is 4.54. The first kappa shape index (κ1) is 50.9. The van der Waals surface area contributed by atoms with E-state index in [2.05, 4.69) is 175 Å². The molecule has 0 spiro atoms. The van der Waals surface area contributed by atoms with E-state index in [1.807, 2.05) is 60.7 Å². The minimum absolute atomic E-state index is 0.0815. The Morgan fingerprint density at radius 3 is 1.30 bits per heavy atom. The first-order chi connectivity index (χ1) is 39.0. The van der Waals surface area contributed by atoms with Crippen molar-refractivity contribution in [1.82, 2.24) is 30.6 Å². The molecule has 5 N–H and O–H groups in total. The van der Waals surface area contributed by atoms with Gasteiger partial charge in [-0.1, -0.05) is 150 Å². The van der Waals surface area contributed by atoms with Crippen molar-refractivity contribution in [3.8, 4) is 55.6 Å². The molecule has 0 saturated heterocycles. The molecule has 394 valence electrons. The molecule has 6 aromatic carbocycles. The fourth-order valence-corrected chi connectivity index (χ4v) is 11.2. The van der Waals surface area contributed by atoms with Crippen LogP contribution in [0.2, 0.25) is 0 Å². The number of aryl methyl sites for hydroxylation is 3. The molecule has 80 heavy (non-hydrogen) atoms. The van der Waals surface area contributed by atoms with Crippen LogP contribution >= 0.6 is 0 Å². The van der Waals surface area contributed by atoms with E-state index in [9.17, 15) is 19.5 Å². The van der Waals surface area contributed by atoms with Gasteiger partial charge in [0.05, 0.1) is 22.8 Å². The number of fused-ring (bicyclic) bond motifs is 11. The van der Waals surface area contributed by atoms with Crippen LogP contribution in [0.4, 0.5) is 4.79 Å². The van der Waals surface area contributed by atoms with Gasteiger partial charge in [0, 0.05) is 62.3 Å². The number of carboxylic acid groups (broad SMARTS) is 1. The maximum Gasteiger partial charge on any atom is 0.407 e. The van der Waals surface area contributed by atoms with Crippen LogP contribution in [0.5, 0.6) is 0 Å². The quantitative estimate of drug-likeness (QED) is 0.0677. The third-order valence-electron chi connectivity index (χ3n) is 15.3. The van der Waals surface area contributed by atoms with Gasteiger partial charge >= 0.3 is 12.1 Å². The zero-order chi connectivity index (χ0) is 54.9. The van der Waals surface area contributed by atoms with E-state index in [4.69, 9.17) is 14.7 Å². The predicted molar refractivity (Wildman–Crippen MR) is 321 cm³/mol. The topological polar surface area (TPSA) is 162 Å². The number of benzene rings is 6. The van der Waals surface area contributed by atoms with E-state index in [1.54, 1.807) is 0 Å². The van der Waals surface area contributed by atoms with Crippen LogP contribution < -0.4 is 10.6 Å². The highest BCUT2D eigenvalue weighted by molar-refractivity contribution is 6.01. The SMILES string of the molecule is Cc1ccc(-c2c3nc(c(-c4ccc(C)cc4)c4ccc([nH]4)c(-c4ccc(C(=O)NCCCC[C@H](NC(=O)OCC5c6ccccc6-c6ccccc65)C(=O)O)cc4)c4nc(c(-c5ccc(C)cc5)c5ccc2[nH]5)C=C4)C=C3)cc1. The first-order valence-electron chi connectivity index (χ1n) is 27.1. The summed E-state index contributed by atoms with van der Waals surface area (Å²) >= 11 is 0. The number of alkyl carbamates (subject to hydrolysis) is 1. The van der Waals surface area contributed by atoms with Gasteiger partial charge in [-0.25, -0.2) is 19.6 Å². The molecule has 11 nitrogen and oxygen atoms in total. The Kier molecular flexibility index (Phi) is 13.9. The maximum atomic E-state index is 13.7. The van der Waals surface area contributed by atoms with Crippen molar-refractivity contribution in [2.75, 3.05) is 13.2 Å². The summed E-state index contributed by atoms with van der Waals surface area (Å²) in [6.45, 7) is 6.66. The molecule has 3 aliphatic rings. The van der Waals surface area contributed by atoms with Crippen molar-refractivity contribution in [3.63, 3.8) is 0 Å². The molecule has 1 aliphatic carbocycles. The average molecular weight is 1050 g/mol. The number of ether oxygens (including phenoxy) is 1. The van der Waals surface area contributed by atoms with Crippen LogP contribution in [0, 0.1) is 20.8 Å². The number of nitrogens with zero attached hydrogens (tertiary/aromatic N) is 2. The third-order valence-corrected chi connectivity index (χ3v) is 15.3. The van der Waals surface area contributed by atoms with Gasteiger partial charge in [-0.15, -0.1) is 0 Å². The number of nitrogens with one attached hydrogen (secondary N) is 4. The van der Waals surface area contributed by atoms with E-state index in [0.717, 1.165) is 123 Å². The Morgan fingerprint density at radius 1 is 0.512 bits per heavy atom. The lowest BCUT2D eigenvalue weighted by atomic mass is 9.98. The standard InChI is InChI=1S/C69H58N6O5/c1-41-15-21-44(22-16-41)63-54-31-33-56(71-54)64(45-23-17-42(2)18-24-45)58-35-37-60(73-58)66(61-38-36-59(74-61)65(57-34-32-55(63)72-57)46-25-19-43(3)20-26-46)47-27-29-48(30-28-47)67(76)70-39-9-8-14-62(68(77)78)75-69(79)80-40-53-51-12-6-4-10-49(51)50-11-5-7-13-52(50)53/h4-7,10-13,15-38,53,62,71,74H,8-9,14,39-40H2,1-3H3,(H,70,76)(H,75,79)(H,77,78)/t62-/m0/s1. The highest BCUT2D eigenvalue weighted by Crippen LogP contribution is 2.45. The van der Waals surface area contributed by atoms with Crippen molar-refractivity contribution in [2.45, 2.75) is 52.0 Å². The number of H-pyrrole nitrogens is 2. The van der Waals surface area contributed by atoms with E-state index in [-0.39, 0.29) is 24.9 Å². The number of hydrogen-bond donors (Lipinski definition) is 5. The molecule has 5 heterocycles. The zero-order valence-corrected chi connectivity index (χ0v) is 44.6. The molecule has 0 fully saturated rings. The number of rotatable bonds is 14. The minimum Gasteiger partial charge on any atom is -0.480 e. The molecule has 9 aromatic rings. The lowest BCUT2D eigenvalue weighted by Gasteiger charge is -2.17. The summed E-state index contributed by atoms with van der Waals surface area (Å²) in [7, 11) is 0. The van der Waals surface area contributed by atoms with Gasteiger partial charge in [0.25, 0.3) is 5.91 Å². The van der Waals surface area contributed by atoms with Crippen molar-refractivity contribution in [3.05, 3.63) is 226 Å². The lowest BCUT2D eigenvalue weighted by Crippen LogP contribution is -2.41. The number of aliphatic carboxylic acids is 1. The van der Waals surface area contributed by atoms with Crippen LogP contribution in [-0.4, -0.2) is 62.2 Å². The second-order valence-electron chi connectivity index (χ2n) is 20.8. The predicted octanol–water partition coefficient (Wildman–Crippen LogP) is 15.1. The van der Waals surface area contributed by atoms with Crippen molar-refractivity contribution < 1.29 is 24.2 Å². The van der Waals surface area contributed by atoms with Crippen LogP contribution in [-0.2, 0) is 9.53 Å². The monoisotopic (exact) mass is 1050 g/mol. The number of carbonyl (C=O) groups excluding carboxylic acids is 2. The Bertz CT molecular complexity index is 4030. The van der Waals surface area contributed by atoms with Crippen LogP contribution in [0.15, 0.2) is 170 Å². The zero-order valence-electron chi connectivity index (χ0n) is 44.6. The fraction of sp³-hybridized carbons (Fsp3) is 0.145. The summed E-state index contributed by atoms with van der Waals surface area (Å²) in [5, 5.41) is 15.6. The summed E-state index contributed by atoms with van der Waals surface area (Å²) in [4.78, 5) is 57.4. The second kappa shape index (κ2) is 21.9. The van der Waals surface area contributed by atoms with Gasteiger partial charge in [0.15, 0.2) is 0 Å². The number of unbranched alkanes of at least 4 members (excludes halogenated alkanes) is 1. The van der Waals surface area contributed by atoms with Crippen molar-refractivity contribution >= 4 is 64.3 Å². The highest BCUT2D eigenvalue weighted by atomic mass is 16.5. The Balaban J connectivity index is 0.829.